The molecule has 0 aromatic heterocycles. The van der Waals surface area contributed by atoms with Crippen LogP contribution in [0.3, 0.4) is 0 Å². The van der Waals surface area contributed by atoms with Gasteiger partial charge in [0.1, 0.15) is 0 Å². The van der Waals surface area contributed by atoms with Crippen LogP contribution < -0.4 is 5.32 Å². The average molecular weight is 293 g/mol. The summed E-state index contributed by atoms with van der Waals surface area (Å²) >= 11 is 1.84. The van der Waals surface area contributed by atoms with Gasteiger partial charge in [0, 0.05) is 11.3 Å². The predicted octanol–water partition coefficient (Wildman–Crippen LogP) is 2.79. The largest absolute Gasteiger partial charge is 0.478 e. The monoisotopic (exact) mass is 293 g/mol. The molecule has 1 amide bonds. The van der Waals surface area contributed by atoms with Crippen molar-refractivity contribution in [2.75, 3.05) is 6.26 Å². The Kier molecular flexibility index (Phi) is 5.06. The fourth-order valence-electron chi connectivity index (χ4n) is 2.62. The van der Waals surface area contributed by atoms with Gasteiger partial charge in [-0.05, 0) is 37.7 Å². The lowest BCUT2D eigenvalue weighted by Gasteiger charge is -2.28. The number of carbonyl (C=O) groups is 2. The van der Waals surface area contributed by atoms with E-state index in [1.165, 1.54) is 12.5 Å². The zero-order chi connectivity index (χ0) is 14.5. The first-order valence-corrected chi connectivity index (χ1v) is 8.06. The summed E-state index contributed by atoms with van der Waals surface area (Å²) in [5.74, 6) is -1.35. The third-order valence-electron chi connectivity index (χ3n) is 3.70. The Morgan fingerprint density at radius 2 is 1.95 bits per heavy atom. The van der Waals surface area contributed by atoms with Crippen molar-refractivity contribution in [1.82, 2.24) is 5.32 Å². The lowest BCUT2D eigenvalue weighted by atomic mass is 9.94. The van der Waals surface area contributed by atoms with Gasteiger partial charge in [-0.2, -0.15) is 11.8 Å². The van der Waals surface area contributed by atoms with Crippen molar-refractivity contribution in [2.45, 2.75) is 37.0 Å². The maximum Gasteiger partial charge on any atom is 0.336 e. The van der Waals surface area contributed by atoms with Crippen LogP contribution in [0.25, 0.3) is 0 Å². The number of carboxylic acid groups (broad SMARTS) is 1. The minimum atomic E-state index is -1.07. The highest BCUT2D eigenvalue weighted by Crippen LogP contribution is 2.27. The number of benzene rings is 1. The first-order chi connectivity index (χ1) is 9.61. The van der Waals surface area contributed by atoms with Crippen LogP contribution in [0, 0.1) is 0 Å². The molecule has 0 bridgehead atoms. The maximum atomic E-state index is 12.3. The lowest BCUT2D eigenvalue weighted by molar-refractivity contribution is 0.0690. The standard InChI is InChI=1S/C15H19NO3S/c1-20-11-6-4-5-10(9-11)16-14(17)12-7-2-3-8-13(12)15(18)19/h2-3,7-8,10-11H,4-6,9H2,1H3,(H,16,17)(H,18,19). The van der Waals surface area contributed by atoms with E-state index in [2.05, 4.69) is 11.6 Å². The highest BCUT2D eigenvalue weighted by Gasteiger charge is 2.24. The summed E-state index contributed by atoms with van der Waals surface area (Å²) in [6.45, 7) is 0. The van der Waals surface area contributed by atoms with Gasteiger partial charge < -0.3 is 10.4 Å². The van der Waals surface area contributed by atoms with Gasteiger partial charge in [-0.3, -0.25) is 4.79 Å². The number of carbonyl (C=O) groups excluding carboxylic acids is 1. The molecule has 2 N–H and O–H groups in total. The molecule has 1 aliphatic carbocycles. The van der Waals surface area contributed by atoms with Crippen LogP contribution in [0.15, 0.2) is 24.3 Å². The summed E-state index contributed by atoms with van der Waals surface area (Å²) in [5, 5.41) is 12.7. The van der Waals surface area contributed by atoms with Gasteiger partial charge in [0.05, 0.1) is 11.1 Å². The zero-order valence-electron chi connectivity index (χ0n) is 11.5. The fraction of sp³-hybridized carbons (Fsp3) is 0.467. The number of amides is 1. The summed E-state index contributed by atoms with van der Waals surface area (Å²) < 4.78 is 0. The van der Waals surface area contributed by atoms with E-state index in [-0.39, 0.29) is 23.1 Å². The van der Waals surface area contributed by atoms with E-state index in [0.29, 0.717) is 5.25 Å². The van der Waals surface area contributed by atoms with Crippen molar-refractivity contribution in [3.05, 3.63) is 35.4 Å². The highest BCUT2D eigenvalue weighted by molar-refractivity contribution is 7.99. The second kappa shape index (κ2) is 6.79. The molecule has 0 radical (unpaired) electrons. The van der Waals surface area contributed by atoms with Gasteiger partial charge in [-0.25, -0.2) is 4.79 Å². The van der Waals surface area contributed by atoms with E-state index in [1.54, 1.807) is 18.2 Å². The van der Waals surface area contributed by atoms with Gasteiger partial charge in [-0.1, -0.05) is 18.6 Å². The first kappa shape index (κ1) is 14.9. The van der Waals surface area contributed by atoms with E-state index in [4.69, 9.17) is 5.11 Å². The minimum absolute atomic E-state index is 0.0576. The topological polar surface area (TPSA) is 66.4 Å². The van der Waals surface area contributed by atoms with Crippen LogP contribution in [0.1, 0.15) is 46.4 Å². The van der Waals surface area contributed by atoms with Crippen LogP contribution in [-0.2, 0) is 0 Å². The Balaban J connectivity index is 2.07. The Morgan fingerprint density at radius 3 is 2.60 bits per heavy atom. The molecule has 0 saturated heterocycles. The summed E-state index contributed by atoms with van der Waals surface area (Å²) in [7, 11) is 0. The molecule has 4 nitrogen and oxygen atoms in total. The van der Waals surface area contributed by atoms with Crippen LogP contribution in [0.5, 0.6) is 0 Å². The zero-order valence-corrected chi connectivity index (χ0v) is 12.3. The third kappa shape index (κ3) is 3.54. The molecule has 0 aliphatic heterocycles. The first-order valence-electron chi connectivity index (χ1n) is 6.77. The molecule has 20 heavy (non-hydrogen) atoms. The molecule has 2 rings (SSSR count). The molecule has 1 aliphatic rings. The molecule has 5 heteroatoms. The molecule has 1 aromatic carbocycles. The molecule has 1 aromatic rings. The molecular formula is C15H19NO3S. The van der Waals surface area contributed by atoms with Crippen LogP contribution in [-0.4, -0.2) is 34.5 Å². The summed E-state index contributed by atoms with van der Waals surface area (Å²) in [6, 6.07) is 6.49. The molecular weight excluding hydrogens is 274 g/mol. The predicted molar refractivity (Wildman–Crippen MR) is 80.4 cm³/mol. The van der Waals surface area contributed by atoms with Crippen LogP contribution >= 0.6 is 11.8 Å². The second-order valence-corrected chi connectivity index (χ2v) is 6.18. The van der Waals surface area contributed by atoms with Gasteiger partial charge in [-0.15, -0.1) is 0 Å². The quantitative estimate of drug-likeness (QED) is 0.896. The normalized spacial score (nSPS) is 22.2. The molecule has 0 heterocycles. The number of nitrogens with one attached hydrogen (secondary N) is 1. The lowest BCUT2D eigenvalue weighted by Crippen LogP contribution is -2.39. The maximum absolute atomic E-state index is 12.3. The molecule has 1 saturated carbocycles. The number of hydrogen-bond donors (Lipinski definition) is 2. The van der Waals surface area contributed by atoms with Gasteiger partial charge in [0.2, 0.25) is 0 Å². The molecule has 2 atom stereocenters. The number of carboxylic acids is 1. The SMILES string of the molecule is CSC1CCCC(NC(=O)c2ccccc2C(=O)O)C1. The van der Waals surface area contributed by atoms with E-state index in [1.807, 2.05) is 11.8 Å². The van der Waals surface area contributed by atoms with Crippen molar-refractivity contribution < 1.29 is 14.7 Å². The van der Waals surface area contributed by atoms with Gasteiger partial charge in [0.25, 0.3) is 5.91 Å². The van der Waals surface area contributed by atoms with Gasteiger partial charge in [0.15, 0.2) is 0 Å². The van der Waals surface area contributed by atoms with Crippen molar-refractivity contribution in [2.24, 2.45) is 0 Å². The average Bonchev–Trinajstić information content (AvgIpc) is 2.47. The van der Waals surface area contributed by atoms with Crippen molar-refractivity contribution in [3.63, 3.8) is 0 Å². The van der Waals surface area contributed by atoms with E-state index in [0.717, 1.165) is 19.3 Å². The van der Waals surface area contributed by atoms with E-state index < -0.39 is 5.97 Å². The molecule has 2 unspecified atom stereocenters. The third-order valence-corrected chi connectivity index (χ3v) is 4.79. The van der Waals surface area contributed by atoms with Crippen molar-refractivity contribution in [1.29, 1.82) is 0 Å². The summed E-state index contributed by atoms with van der Waals surface area (Å²) in [5.41, 5.74) is 0.300. The van der Waals surface area contributed by atoms with Gasteiger partial charge >= 0.3 is 5.97 Å². The van der Waals surface area contributed by atoms with Crippen LogP contribution in [0.4, 0.5) is 0 Å². The van der Waals surface area contributed by atoms with Crippen molar-refractivity contribution in [3.8, 4) is 0 Å². The van der Waals surface area contributed by atoms with Crippen LogP contribution in [0.2, 0.25) is 0 Å². The van der Waals surface area contributed by atoms with E-state index in [9.17, 15) is 9.59 Å². The summed E-state index contributed by atoms with van der Waals surface area (Å²) in [6.07, 6.45) is 6.32. The summed E-state index contributed by atoms with van der Waals surface area (Å²) in [4.78, 5) is 23.4. The Hall–Kier alpha value is -1.49. The Labute approximate surface area is 123 Å². The number of rotatable bonds is 4. The minimum Gasteiger partial charge on any atom is -0.478 e. The number of hydrogen-bond acceptors (Lipinski definition) is 3. The molecule has 108 valence electrons. The fourth-order valence-corrected chi connectivity index (χ4v) is 3.45. The number of thioether (sulfide) groups is 1. The van der Waals surface area contributed by atoms with E-state index >= 15 is 0 Å². The highest BCUT2D eigenvalue weighted by atomic mass is 32.2. The molecule has 0 spiro atoms. The smallest absolute Gasteiger partial charge is 0.336 e. The second-order valence-electron chi connectivity index (χ2n) is 5.05. The Bertz CT molecular complexity index is 504. The molecule has 1 fully saturated rings. The number of aromatic carboxylic acids is 1. The van der Waals surface area contributed by atoms with Crippen molar-refractivity contribution >= 4 is 23.6 Å². The Morgan fingerprint density at radius 1 is 1.25 bits per heavy atom.